The van der Waals surface area contributed by atoms with Crippen molar-refractivity contribution in [3.8, 4) is 5.75 Å². The topological polar surface area (TPSA) is 75.6 Å². The van der Waals surface area contributed by atoms with Gasteiger partial charge in [0.1, 0.15) is 17.1 Å². The third kappa shape index (κ3) is 4.13. The van der Waals surface area contributed by atoms with Crippen molar-refractivity contribution >= 4 is 39.6 Å². The zero-order chi connectivity index (χ0) is 16.2. The van der Waals surface area contributed by atoms with Crippen LogP contribution in [-0.2, 0) is 9.59 Å². The maximum atomic E-state index is 13.0. The van der Waals surface area contributed by atoms with Crippen molar-refractivity contribution in [3.63, 3.8) is 0 Å². The molecule has 0 radical (unpaired) electrons. The van der Waals surface area contributed by atoms with Gasteiger partial charge in [0, 0.05) is 0 Å². The number of carboxylic acid groups (broad SMARTS) is 1. The maximum absolute atomic E-state index is 13.0. The van der Waals surface area contributed by atoms with Crippen LogP contribution < -0.4 is 10.1 Å². The van der Waals surface area contributed by atoms with E-state index >= 15 is 0 Å². The molecule has 22 heavy (non-hydrogen) atoms. The summed E-state index contributed by atoms with van der Waals surface area (Å²) in [5, 5.41) is 12.0. The van der Waals surface area contributed by atoms with Gasteiger partial charge >= 0.3 is 5.97 Å². The fourth-order valence-corrected chi connectivity index (χ4v) is 3.81. The number of nitrogens with one attached hydrogen (secondary N) is 1. The lowest BCUT2D eigenvalue weighted by Crippen LogP contribution is -2.57. The van der Waals surface area contributed by atoms with Gasteiger partial charge in [-0.25, -0.2) is 9.18 Å². The zero-order valence-electron chi connectivity index (χ0n) is 11.6. The first kappa shape index (κ1) is 17.1. The Morgan fingerprint density at radius 1 is 1.41 bits per heavy atom. The standard InChI is InChI=1S/C14H15BrFNO4S/c15-10-7-9(16)1-2-11(10)21-8-12(18)17-14(13(19)20)3-5-22-6-4-14/h1-2,7H,3-6,8H2,(H,17,18)(H,19,20). The molecule has 0 atom stereocenters. The minimum Gasteiger partial charge on any atom is -0.483 e. The number of hydrogen-bond donors (Lipinski definition) is 2. The molecule has 1 amide bonds. The van der Waals surface area contributed by atoms with Gasteiger partial charge in [-0.2, -0.15) is 11.8 Å². The number of carboxylic acids is 1. The van der Waals surface area contributed by atoms with E-state index in [1.54, 1.807) is 11.8 Å². The van der Waals surface area contributed by atoms with Crippen LogP contribution in [0.25, 0.3) is 0 Å². The Bertz CT molecular complexity index is 578. The summed E-state index contributed by atoms with van der Waals surface area (Å²) in [4.78, 5) is 23.4. The highest BCUT2D eigenvalue weighted by Gasteiger charge is 2.41. The molecule has 0 spiro atoms. The maximum Gasteiger partial charge on any atom is 0.329 e. The van der Waals surface area contributed by atoms with E-state index in [2.05, 4.69) is 21.2 Å². The van der Waals surface area contributed by atoms with E-state index in [-0.39, 0.29) is 6.61 Å². The molecule has 0 bridgehead atoms. The zero-order valence-corrected chi connectivity index (χ0v) is 14.0. The summed E-state index contributed by atoms with van der Waals surface area (Å²) in [6, 6.07) is 3.84. The number of carbonyl (C=O) groups is 2. The molecule has 1 aliphatic rings. The number of rotatable bonds is 5. The van der Waals surface area contributed by atoms with E-state index in [9.17, 15) is 19.1 Å². The van der Waals surface area contributed by atoms with Gasteiger partial charge in [0.25, 0.3) is 5.91 Å². The van der Waals surface area contributed by atoms with E-state index in [0.29, 0.717) is 34.6 Å². The molecule has 0 aliphatic carbocycles. The summed E-state index contributed by atoms with van der Waals surface area (Å²) >= 11 is 4.80. The molecule has 1 aromatic rings. The van der Waals surface area contributed by atoms with Gasteiger partial charge in [-0.15, -0.1) is 0 Å². The largest absolute Gasteiger partial charge is 0.483 e. The summed E-state index contributed by atoms with van der Waals surface area (Å²) < 4.78 is 18.6. The Kier molecular flexibility index (Phi) is 5.69. The lowest BCUT2D eigenvalue weighted by Gasteiger charge is -2.33. The third-order valence-electron chi connectivity index (χ3n) is 3.39. The minimum atomic E-state index is -1.22. The molecular formula is C14H15BrFNO4S. The summed E-state index contributed by atoms with van der Waals surface area (Å²) in [6.07, 6.45) is 0.776. The van der Waals surface area contributed by atoms with Crippen LogP contribution in [0.3, 0.4) is 0 Å². The average molecular weight is 392 g/mol. The number of amides is 1. The van der Waals surface area contributed by atoms with Gasteiger partial charge in [0.05, 0.1) is 4.47 Å². The third-order valence-corrected chi connectivity index (χ3v) is 4.99. The van der Waals surface area contributed by atoms with Crippen molar-refractivity contribution in [3.05, 3.63) is 28.5 Å². The van der Waals surface area contributed by atoms with Crippen molar-refractivity contribution in [2.45, 2.75) is 18.4 Å². The van der Waals surface area contributed by atoms with Gasteiger partial charge in [0.2, 0.25) is 0 Å². The molecule has 1 saturated heterocycles. The van der Waals surface area contributed by atoms with E-state index in [0.717, 1.165) is 0 Å². The van der Waals surface area contributed by atoms with E-state index < -0.39 is 23.2 Å². The number of hydrogen-bond acceptors (Lipinski definition) is 4. The molecule has 5 nitrogen and oxygen atoms in total. The Labute approximate surface area is 139 Å². The van der Waals surface area contributed by atoms with Crippen molar-refractivity contribution in [2.75, 3.05) is 18.1 Å². The number of aliphatic carboxylic acids is 1. The van der Waals surface area contributed by atoms with Crippen LogP contribution in [0.15, 0.2) is 22.7 Å². The molecule has 0 unspecified atom stereocenters. The molecule has 8 heteroatoms. The lowest BCUT2D eigenvalue weighted by atomic mass is 9.92. The average Bonchev–Trinajstić information content (AvgIpc) is 2.47. The first-order chi connectivity index (χ1) is 10.4. The number of carbonyl (C=O) groups excluding carboxylic acids is 1. The van der Waals surface area contributed by atoms with Gasteiger partial charge in [-0.05, 0) is 58.5 Å². The second kappa shape index (κ2) is 7.32. The Morgan fingerprint density at radius 3 is 2.68 bits per heavy atom. The monoisotopic (exact) mass is 391 g/mol. The van der Waals surface area contributed by atoms with Crippen LogP contribution in [0.5, 0.6) is 5.75 Å². The van der Waals surface area contributed by atoms with Gasteiger partial charge in [-0.3, -0.25) is 4.79 Å². The molecule has 2 rings (SSSR count). The van der Waals surface area contributed by atoms with Crippen LogP contribution in [-0.4, -0.2) is 40.6 Å². The van der Waals surface area contributed by atoms with Crippen LogP contribution in [0.4, 0.5) is 4.39 Å². The highest BCUT2D eigenvalue weighted by Crippen LogP contribution is 2.28. The second-order valence-corrected chi connectivity index (χ2v) is 6.99. The van der Waals surface area contributed by atoms with Gasteiger partial charge in [-0.1, -0.05) is 0 Å². The van der Waals surface area contributed by atoms with Crippen LogP contribution in [0.2, 0.25) is 0 Å². The summed E-state index contributed by atoms with van der Waals surface area (Å²) in [5.74, 6) is -0.253. The first-order valence-corrected chi connectivity index (χ1v) is 8.58. The first-order valence-electron chi connectivity index (χ1n) is 6.63. The molecule has 1 aliphatic heterocycles. The quantitative estimate of drug-likeness (QED) is 0.805. The van der Waals surface area contributed by atoms with E-state index in [4.69, 9.17) is 4.74 Å². The smallest absolute Gasteiger partial charge is 0.329 e. The molecular weight excluding hydrogens is 377 g/mol. The molecule has 1 fully saturated rings. The molecule has 2 N–H and O–H groups in total. The van der Waals surface area contributed by atoms with E-state index in [1.807, 2.05) is 0 Å². The Hall–Kier alpha value is -1.28. The molecule has 0 saturated carbocycles. The minimum absolute atomic E-state index is 0.320. The molecule has 1 aromatic carbocycles. The lowest BCUT2D eigenvalue weighted by molar-refractivity contribution is -0.148. The number of halogens is 2. The van der Waals surface area contributed by atoms with Crippen molar-refractivity contribution < 1.29 is 23.8 Å². The highest BCUT2D eigenvalue weighted by atomic mass is 79.9. The number of benzene rings is 1. The van der Waals surface area contributed by atoms with Crippen molar-refractivity contribution in [1.29, 1.82) is 0 Å². The number of ether oxygens (including phenoxy) is 1. The van der Waals surface area contributed by atoms with Crippen LogP contribution >= 0.6 is 27.7 Å². The molecule has 1 heterocycles. The fraction of sp³-hybridized carbons (Fsp3) is 0.429. The molecule has 0 aromatic heterocycles. The van der Waals surface area contributed by atoms with Crippen LogP contribution in [0.1, 0.15) is 12.8 Å². The normalized spacial score (nSPS) is 16.8. The predicted octanol–water partition coefficient (Wildman–Crippen LogP) is 2.43. The SMILES string of the molecule is O=C(COc1ccc(F)cc1Br)NC1(C(=O)O)CCSCC1. The van der Waals surface area contributed by atoms with E-state index in [1.165, 1.54) is 18.2 Å². The van der Waals surface area contributed by atoms with Crippen molar-refractivity contribution in [2.24, 2.45) is 0 Å². The Morgan fingerprint density at radius 2 is 2.09 bits per heavy atom. The fourth-order valence-electron chi connectivity index (χ4n) is 2.15. The van der Waals surface area contributed by atoms with Crippen LogP contribution in [0, 0.1) is 5.82 Å². The van der Waals surface area contributed by atoms with Crippen molar-refractivity contribution in [1.82, 2.24) is 5.32 Å². The predicted molar refractivity (Wildman–Crippen MR) is 84.7 cm³/mol. The Balaban J connectivity index is 1.95. The number of thioether (sulfide) groups is 1. The second-order valence-electron chi connectivity index (χ2n) is 4.91. The summed E-state index contributed by atoms with van der Waals surface area (Å²) in [7, 11) is 0. The van der Waals surface area contributed by atoms with Gasteiger partial charge in [0.15, 0.2) is 6.61 Å². The summed E-state index contributed by atoms with van der Waals surface area (Å²) in [6.45, 7) is -0.327. The summed E-state index contributed by atoms with van der Waals surface area (Å²) in [5.41, 5.74) is -1.22. The highest BCUT2D eigenvalue weighted by molar-refractivity contribution is 9.10. The molecule has 120 valence electrons. The van der Waals surface area contributed by atoms with Gasteiger partial charge < -0.3 is 15.2 Å².